The van der Waals surface area contributed by atoms with E-state index in [9.17, 15) is 14.7 Å². The van der Waals surface area contributed by atoms with E-state index in [1.165, 1.54) is 0 Å². The molecule has 3 fully saturated rings. The summed E-state index contributed by atoms with van der Waals surface area (Å²) in [7, 11) is 0. The smallest absolute Gasteiger partial charge is 0.309 e. The van der Waals surface area contributed by atoms with E-state index < -0.39 is 16.9 Å². The van der Waals surface area contributed by atoms with Crippen LogP contribution in [0.25, 0.3) is 22.2 Å². The van der Waals surface area contributed by atoms with Crippen LogP contribution in [-0.4, -0.2) is 27.5 Å². The van der Waals surface area contributed by atoms with Gasteiger partial charge in [0.1, 0.15) is 0 Å². The number of hydrogen-bond acceptors (Lipinski definition) is 3. The van der Waals surface area contributed by atoms with E-state index in [4.69, 9.17) is 4.98 Å². The number of nitrogens with zero attached hydrogens (tertiary/aromatic N) is 1. The maximum absolute atomic E-state index is 14.4. The fourth-order valence-corrected chi connectivity index (χ4v) is 7.21. The highest BCUT2D eigenvalue weighted by atomic mass is 79.9. The maximum Gasteiger partial charge on any atom is 0.309 e. The first-order chi connectivity index (χ1) is 18.7. The van der Waals surface area contributed by atoms with Gasteiger partial charge in [-0.25, -0.2) is 4.98 Å². The first-order valence-electron chi connectivity index (χ1n) is 13.5. The number of carboxylic acids is 1. The lowest BCUT2D eigenvalue weighted by atomic mass is 9.51. The van der Waals surface area contributed by atoms with E-state index in [0.29, 0.717) is 37.7 Å². The molecule has 7 rings (SSSR count). The van der Waals surface area contributed by atoms with E-state index >= 15 is 0 Å². The van der Waals surface area contributed by atoms with Crippen molar-refractivity contribution in [2.45, 2.75) is 57.4 Å². The zero-order valence-electron chi connectivity index (χ0n) is 22.1. The third-order valence-corrected chi connectivity index (χ3v) is 9.62. The molecule has 3 aromatic carbocycles. The second kappa shape index (κ2) is 9.60. The Morgan fingerprint density at radius 2 is 1.64 bits per heavy atom. The summed E-state index contributed by atoms with van der Waals surface area (Å²) in [6.45, 7) is 4.02. The topological polar surface area (TPSA) is 79.3 Å². The molecule has 1 heterocycles. The number of pyridine rings is 1. The summed E-state index contributed by atoms with van der Waals surface area (Å²) in [5, 5.41) is 14.5. The lowest BCUT2D eigenvalue weighted by Gasteiger charge is -2.56. The average molecular weight is 584 g/mol. The van der Waals surface area contributed by atoms with Crippen LogP contribution in [0.15, 0.2) is 77.3 Å². The van der Waals surface area contributed by atoms with Gasteiger partial charge in [-0.15, -0.1) is 0 Å². The molecule has 2 N–H and O–H groups in total. The van der Waals surface area contributed by atoms with Crippen LogP contribution < -0.4 is 5.32 Å². The molecule has 1 atom stereocenters. The molecule has 0 saturated heterocycles. The molecule has 198 valence electrons. The van der Waals surface area contributed by atoms with Gasteiger partial charge in [0.05, 0.1) is 22.2 Å². The Labute approximate surface area is 236 Å². The van der Waals surface area contributed by atoms with Gasteiger partial charge in [0, 0.05) is 26.9 Å². The Kier molecular flexibility index (Phi) is 6.34. The van der Waals surface area contributed by atoms with Crippen LogP contribution in [0.5, 0.6) is 0 Å². The number of halogens is 1. The number of rotatable bonds is 5. The Hall–Kier alpha value is -3.51. The zero-order valence-corrected chi connectivity index (χ0v) is 23.7. The second-order valence-electron chi connectivity index (χ2n) is 11.4. The van der Waals surface area contributed by atoms with E-state index in [-0.39, 0.29) is 11.8 Å². The second-order valence-corrected chi connectivity index (χ2v) is 12.3. The van der Waals surface area contributed by atoms with Crippen molar-refractivity contribution >= 4 is 38.7 Å². The molecule has 39 heavy (non-hydrogen) atoms. The van der Waals surface area contributed by atoms with Gasteiger partial charge in [0.2, 0.25) is 0 Å². The summed E-state index contributed by atoms with van der Waals surface area (Å²) < 4.78 is 0.884. The molecule has 0 spiro atoms. The number of carbonyl (C=O) groups is 2. The van der Waals surface area contributed by atoms with E-state index in [1.807, 2.05) is 62.4 Å². The third-order valence-electron chi connectivity index (χ3n) is 9.12. The van der Waals surface area contributed by atoms with Crippen molar-refractivity contribution in [3.05, 3.63) is 99.5 Å². The van der Waals surface area contributed by atoms with Gasteiger partial charge in [-0.1, -0.05) is 76.1 Å². The largest absolute Gasteiger partial charge is 0.481 e. The highest BCUT2D eigenvalue weighted by Gasteiger charge is 2.58. The molecule has 5 nitrogen and oxygen atoms in total. The maximum atomic E-state index is 14.4. The normalized spacial score (nSPS) is 24.0. The van der Waals surface area contributed by atoms with Crippen molar-refractivity contribution < 1.29 is 14.7 Å². The lowest BCUT2D eigenvalue weighted by molar-refractivity contribution is -0.157. The Bertz CT molecular complexity index is 1590. The number of benzene rings is 3. The van der Waals surface area contributed by atoms with Crippen molar-refractivity contribution in [3.63, 3.8) is 0 Å². The van der Waals surface area contributed by atoms with Gasteiger partial charge in [0.15, 0.2) is 0 Å². The average Bonchev–Trinajstić information content (AvgIpc) is 2.94. The van der Waals surface area contributed by atoms with Gasteiger partial charge < -0.3 is 10.4 Å². The summed E-state index contributed by atoms with van der Waals surface area (Å²) in [5.41, 5.74) is 4.98. The molecule has 0 aliphatic heterocycles. The predicted octanol–water partition coefficient (Wildman–Crippen LogP) is 7.58. The minimum atomic E-state index is -0.730. The van der Waals surface area contributed by atoms with Gasteiger partial charge >= 0.3 is 5.97 Å². The number of nitrogens with one attached hydrogen (secondary N) is 1. The summed E-state index contributed by atoms with van der Waals surface area (Å²) in [5.74, 6) is -0.918. The molecule has 1 aromatic heterocycles. The lowest BCUT2D eigenvalue weighted by Crippen LogP contribution is -2.62. The van der Waals surface area contributed by atoms with Crippen LogP contribution in [0, 0.1) is 19.3 Å². The van der Waals surface area contributed by atoms with Crippen molar-refractivity contribution in [1.82, 2.24) is 10.3 Å². The van der Waals surface area contributed by atoms with Gasteiger partial charge in [-0.05, 0) is 75.3 Å². The number of aliphatic carboxylic acids is 1. The SMILES string of the molecule is Cc1ccc(C2CC3(C(=O)O)CCC2(NC(=O)c2c(C)c(-c4ccccc4)nc4ccc(Br)cc24)CC3)cc1. The van der Waals surface area contributed by atoms with Crippen LogP contribution in [0.3, 0.4) is 0 Å². The molecule has 4 aromatic rings. The van der Waals surface area contributed by atoms with Crippen LogP contribution in [-0.2, 0) is 4.79 Å². The number of amides is 1. The summed E-state index contributed by atoms with van der Waals surface area (Å²) in [6.07, 6.45) is 2.95. The zero-order chi connectivity index (χ0) is 27.4. The fourth-order valence-electron chi connectivity index (χ4n) is 6.85. The monoisotopic (exact) mass is 582 g/mol. The molecule has 1 amide bonds. The number of hydrogen-bond donors (Lipinski definition) is 2. The number of aromatic nitrogens is 1. The molecule has 6 heteroatoms. The Balaban J connectivity index is 1.46. The first kappa shape index (κ1) is 25.8. The Morgan fingerprint density at radius 1 is 0.949 bits per heavy atom. The quantitative estimate of drug-likeness (QED) is 0.254. The van der Waals surface area contributed by atoms with Crippen molar-refractivity contribution in [1.29, 1.82) is 0 Å². The number of carbonyl (C=O) groups excluding carboxylic acids is 1. The number of aryl methyl sites for hydroxylation is 1. The standard InChI is InChI=1S/C33H31BrN2O3/c1-20-8-10-22(11-9-20)26-19-32(31(38)39)14-16-33(26,17-15-32)36-30(37)28-21(2)29(23-6-4-3-5-7-23)35-27-13-12-24(34)18-25(27)28/h3-13,18,26H,14-17,19H2,1-2H3,(H,36,37)(H,38,39). The van der Waals surface area contributed by atoms with Crippen molar-refractivity contribution in [3.8, 4) is 11.3 Å². The number of fused-ring (bicyclic) bond motifs is 4. The molecule has 3 aliphatic rings. The minimum absolute atomic E-state index is 0.0746. The molecular formula is C33H31BrN2O3. The predicted molar refractivity (Wildman–Crippen MR) is 157 cm³/mol. The van der Waals surface area contributed by atoms with E-state index in [0.717, 1.165) is 43.3 Å². The number of carboxylic acid groups (broad SMARTS) is 1. The summed E-state index contributed by atoms with van der Waals surface area (Å²) in [6, 6.07) is 24.2. The van der Waals surface area contributed by atoms with Crippen molar-refractivity contribution in [2.24, 2.45) is 5.41 Å². The summed E-state index contributed by atoms with van der Waals surface area (Å²) in [4.78, 5) is 31.8. The highest BCUT2D eigenvalue weighted by Crippen LogP contribution is 2.59. The molecular weight excluding hydrogens is 552 g/mol. The van der Waals surface area contributed by atoms with Crippen LogP contribution in [0.2, 0.25) is 0 Å². The molecule has 3 aliphatic carbocycles. The highest BCUT2D eigenvalue weighted by molar-refractivity contribution is 9.10. The summed E-state index contributed by atoms with van der Waals surface area (Å²) >= 11 is 3.58. The minimum Gasteiger partial charge on any atom is -0.481 e. The van der Waals surface area contributed by atoms with Gasteiger partial charge in [-0.3, -0.25) is 9.59 Å². The van der Waals surface area contributed by atoms with Crippen molar-refractivity contribution in [2.75, 3.05) is 0 Å². The fraction of sp³-hybridized carbons (Fsp3) is 0.303. The van der Waals surface area contributed by atoms with Gasteiger partial charge in [-0.2, -0.15) is 0 Å². The van der Waals surface area contributed by atoms with Crippen LogP contribution >= 0.6 is 15.9 Å². The first-order valence-corrected chi connectivity index (χ1v) is 14.3. The molecule has 3 saturated carbocycles. The van der Waals surface area contributed by atoms with Crippen LogP contribution in [0.4, 0.5) is 0 Å². The Morgan fingerprint density at radius 3 is 2.31 bits per heavy atom. The van der Waals surface area contributed by atoms with E-state index in [1.54, 1.807) is 0 Å². The molecule has 1 unspecified atom stereocenters. The molecule has 2 bridgehead atoms. The third kappa shape index (κ3) is 4.35. The van der Waals surface area contributed by atoms with Crippen LogP contribution in [0.1, 0.15) is 65.1 Å². The molecule has 0 radical (unpaired) electrons. The van der Waals surface area contributed by atoms with E-state index in [2.05, 4.69) is 45.5 Å². The van der Waals surface area contributed by atoms with Gasteiger partial charge in [0.25, 0.3) is 5.91 Å².